The van der Waals surface area contributed by atoms with Gasteiger partial charge in [-0.3, -0.25) is 9.59 Å². The minimum atomic E-state index is -1.54. The smallest absolute Gasteiger partial charge is 0.331 e. The highest BCUT2D eigenvalue weighted by molar-refractivity contribution is 5.97. The largest absolute Gasteiger partial charge is 0.479 e. The summed E-state index contributed by atoms with van der Waals surface area (Å²) in [5.41, 5.74) is 0.937. The van der Waals surface area contributed by atoms with Crippen molar-refractivity contribution < 1.29 is 24.2 Å². The zero-order valence-electron chi connectivity index (χ0n) is 13.7. The van der Waals surface area contributed by atoms with E-state index in [2.05, 4.69) is 10.6 Å². The molecule has 1 unspecified atom stereocenters. The Morgan fingerprint density at radius 1 is 1.22 bits per heavy atom. The third-order valence-corrected chi connectivity index (χ3v) is 3.50. The molecule has 7 heteroatoms. The van der Waals surface area contributed by atoms with E-state index in [9.17, 15) is 14.4 Å². The summed E-state index contributed by atoms with van der Waals surface area (Å²) in [5.74, 6) is -2.22. The summed E-state index contributed by atoms with van der Waals surface area (Å²) in [6.45, 7) is 4.66. The molecule has 0 aliphatic rings. The molecule has 1 aromatic rings. The summed E-state index contributed by atoms with van der Waals surface area (Å²) in [6.07, 6.45) is 0. The second kappa shape index (κ2) is 7.73. The van der Waals surface area contributed by atoms with Gasteiger partial charge in [-0.15, -0.1) is 0 Å². The maximum Gasteiger partial charge on any atom is 0.331 e. The quantitative estimate of drug-likeness (QED) is 0.683. The lowest BCUT2D eigenvalue weighted by molar-refractivity contribution is -0.149. The van der Waals surface area contributed by atoms with Gasteiger partial charge in [0.15, 0.2) is 5.54 Å². The molecule has 0 bridgehead atoms. The van der Waals surface area contributed by atoms with Crippen molar-refractivity contribution in [2.24, 2.45) is 0 Å². The number of amides is 2. The van der Waals surface area contributed by atoms with Crippen molar-refractivity contribution in [1.29, 1.82) is 0 Å². The molecule has 0 saturated carbocycles. The van der Waals surface area contributed by atoms with Gasteiger partial charge in [0.05, 0.1) is 13.2 Å². The van der Waals surface area contributed by atoms with Crippen LogP contribution in [0.2, 0.25) is 0 Å². The fourth-order valence-corrected chi connectivity index (χ4v) is 1.94. The standard InChI is InChI=1S/C16H22N2O5/c1-10-5-6-12(7-11(10)2)14(20)17-8-13(19)18-16(3,9-23-4)15(21)22/h5-7H,8-9H2,1-4H3,(H,17,20)(H,18,19)(H,21,22). The van der Waals surface area contributed by atoms with Crippen molar-refractivity contribution in [1.82, 2.24) is 10.6 Å². The summed E-state index contributed by atoms with van der Waals surface area (Å²) in [4.78, 5) is 35.0. The maximum absolute atomic E-state index is 12.0. The molecule has 1 atom stereocenters. The molecular weight excluding hydrogens is 300 g/mol. The van der Waals surface area contributed by atoms with E-state index in [1.54, 1.807) is 12.1 Å². The molecule has 0 aliphatic carbocycles. The van der Waals surface area contributed by atoms with Crippen molar-refractivity contribution in [3.8, 4) is 0 Å². The Kier molecular flexibility index (Phi) is 6.27. The van der Waals surface area contributed by atoms with E-state index in [0.717, 1.165) is 11.1 Å². The number of rotatable bonds is 7. The highest BCUT2D eigenvalue weighted by atomic mass is 16.5. The number of carbonyl (C=O) groups excluding carboxylic acids is 2. The van der Waals surface area contributed by atoms with E-state index in [1.807, 2.05) is 19.9 Å². The first-order valence-electron chi connectivity index (χ1n) is 7.08. The predicted molar refractivity (Wildman–Crippen MR) is 84.3 cm³/mol. The Morgan fingerprint density at radius 3 is 2.39 bits per heavy atom. The first kappa shape index (κ1) is 18.6. The zero-order chi connectivity index (χ0) is 17.6. The average Bonchev–Trinajstić information content (AvgIpc) is 2.47. The van der Waals surface area contributed by atoms with Crippen molar-refractivity contribution in [3.63, 3.8) is 0 Å². The number of benzene rings is 1. The van der Waals surface area contributed by atoms with Crippen LogP contribution in [-0.2, 0) is 14.3 Å². The van der Waals surface area contributed by atoms with E-state index in [-0.39, 0.29) is 13.2 Å². The topological polar surface area (TPSA) is 105 Å². The molecule has 2 amide bonds. The van der Waals surface area contributed by atoms with Crippen LogP contribution in [-0.4, -0.2) is 48.7 Å². The molecule has 1 aromatic carbocycles. The van der Waals surface area contributed by atoms with Crippen LogP contribution >= 0.6 is 0 Å². The van der Waals surface area contributed by atoms with Crippen molar-refractivity contribution in [3.05, 3.63) is 34.9 Å². The van der Waals surface area contributed by atoms with Gasteiger partial charge < -0.3 is 20.5 Å². The summed E-state index contributed by atoms with van der Waals surface area (Å²) >= 11 is 0. The third kappa shape index (κ3) is 5.07. The maximum atomic E-state index is 12.0. The number of hydrogen-bond donors (Lipinski definition) is 3. The fraction of sp³-hybridized carbons (Fsp3) is 0.438. The van der Waals surface area contributed by atoms with Gasteiger partial charge in [-0.1, -0.05) is 6.07 Å². The second-order valence-electron chi connectivity index (χ2n) is 5.60. The minimum Gasteiger partial charge on any atom is -0.479 e. The average molecular weight is 322 g/mol. The Hall–Kier alpha value is -2.41. The summed E-state index contributed by atoms with van der Waals surface area (Å²) < 4.78 is 4.81. The molecule has 0 heterocycles. The second-order valence-corrected chi connectivity index (χ2v) is 5.60. The molecule has 0 aromatic heterocycles. The summed E-state index contributed by atoms with van der Waals surface area (Å²) in [5, 5.41) is 13.9. The van der Waals surface area contributed by atoms with Crippen LogP contribution < -0.4 is 10.6 Å². The van der Waals surface area contributed by atoms with Gasteiger partial charge >= 0.3 is 5.97 Å². The lowest BCUT2D eigenvalue weighted by Gasteiger charge is -2.25. The molecular formula is C16H22N2O5. The van der Waals surface area contributed by atoms with Gasteiger partial charge in [-0.25, -0.2) is 4.79 Å². The molecule has 7 nitrogen and oxygen atoms in total. The molecule has 0 aliphatic heterocycles. The van der Waals surface area contributed by atoms with Gasteiger partial charge in [0.25, 0.3) is 5.91 Å². The van der Waals surface area contributed by atoms with Crippen LogP contribution in [0.15, 0.2) is 18.2 Å². The van der Waals surface area contributed by atoms with Crippen LogP contribution in [0.1, 0.15) is 28.4 Å². The Bertz CT molecular complexity index is 614. The van der Waals surface area contributed by atoms with Gasteiger partial charge in [0.2, 0.25) is 5.91 Å². The summed E-state index contributed by atoms with van der Waals surface area (Å²) in [6, 6.07) is 5.22. The molecule has 0 radical (unpaired) electrons. The number of carboxylic acids is 1. The van der Waals surface area contributed by atoms with Gasteiger partial charge in [-0.05, 0) is 44.0 Å². The molecule has 1 rings (SSSR count). The zero-order valence-corrected chi connectivity index (χ0v) is 13.7. The number of hydrogen-bond acceptors (Lipinski definition) is 4. The molecule has 126 valence electrons. The Balaban J connectivity index is 2.63. The molecule has 0 saturated heterocycles. The highest BCUT2D eigenvalue weighted by Crippen LogP contribution is 2.09. The first-order chi connectivity index (χ1) is 10.7. The normalized spacial score (nSPS) is 13.0. The number of ether oxygens (including phenoxy) is 1. The monoisotopic (exact) mass is 322 g/mol. The first-order valence-corrected chi connectivity index (χ1v) is 7.08. The van der Waals surface area contributed by atoms with E-state index in [4.69, 9.17) is 9.84 Å². The van der Waals surface area contributed by atoms with Crippen LogP contribution in [0, 0.1) is 13.8 Å². The summed E-state index contributed by atoms with van der Waals surface area (Å²) in [7, 11) is 1.34. The lowest BCUT2D eigenvalue weighted by atomic mass is 10.0. The Morgan fingerprint density at radius 2 is 1.87 bits per heavy atom. The van der Waals surface area contributed by atoms with Gasteiger partial charge in [-0.2, -0.15) is 0 Å². The van der Waals surface area contributed by atoms with Gasteiger partial charge in [0.1, 0.15) is 0 Å². The number of nitrogens with one attached hydrogen (secondary N) is 2. The van der Waals surface area contributed by atoms with Crippen LogP contribution in [0.4, 0.5) is 0 Å². The number of methoxy groups -OCH3 is 1. The number of aryl methyl sites for hydroxylation is 2. The lowest BCUT2D eigenvalue weighted by Crippen LogP contribution is -2.57. The fourth-order valence-electron chi connectivity index (χ4n) is 1.94. The van der Waals surface area contributed by atoms with E-state index >= 15 is 0 Å². The Labute approximate surface area is 135 Å². The van der Waals surface area contributed by atoms with Crippen molar-refractivity contribution in [2.75, 3.05) is 20.3 Å². The number of carbonyl (C=O) groups is 3. The van der Waals surface area contributed by atoms with E-state index in [1.165, 1.54) is 14.0 Å². The highest BCUT2D eigenvalue weighted by Gasteiger charge is 2.34. The van der Waals surface area contributed by atoms with Crippen molar-refractivity contribution in [2.45, 2.75) is 26.3 Å². The predicted octanol–water partition coefficient (Wildman–Crippen LogP) is 0.639. The molecule has 0 fully saturated rings. The third-order valence-electron chi connectivity index (χ3n) is 3.50. The molecule has 23 heavy (non-hydrogen) atoms. The number of aliphatic carboxylic acids is 1. The van der Waals surface area contributed by atoms with Crippen molar-refractivity contribution >= 4 is 17.8 Å². The number of carboxylic acid groups (broad SMARTS) is 1. The van der Waals surface area contributed by atoms with Crippen LogP contribution in [0.3, 0.4) is 0 Å². The SMILES string of the molecule is COCC(C)(NC(=O)CNC(=O)c1ccc(C)c(C)c1)C(=O)O. The molecule has 3 N–H and O–H groups in total. The van der Waals surface area contributed by atoms with E-state index in [0.29, 0.717) is 5.56 Å². The van der Waals surface area contributed by atoms with E-state index < -0.39 is 23.3 Å². The van der Waals surface area contributed by atoms with Crippen LogP contribution in [0.25, 0.3) is 0 Å². The molecule has 0 spiro atoms. The minimum absolute atomic E-state index is 0.181. The van der Waals surface area contributed by atoms with Gasteiger partial charge in [0, 0.05) is 12.7 Å². The van der Waals surface area contributed by atoms with Crippen LogP contribution in [0.5, 0.6) is 0 Å².